The van der Waals surface area contributed by atoms with Crippen LogP contribution in [0.3, 0.4) is 0 Å². The molecular weight excluding hydrogens is 880 g/mol. The molecule has 0 aromatic heterocycles. The predicted octanol–water partition coefficient (Wildman–Crippen LogP) is 10.7. The minimum Gasteiger partial charge on any atom is -0.756 e. The van der Waals surface area contributed by atoms with Crippen molar-refractivity contribution in [3.05, 3.63) is 35.9 Å². The number of phenolic OH excluding ortho intramolecular Hbond substituents is 2. The number of hydrogen-bond donors (Lipinski definition) is 5. The number of aliphatic hydroxyl groups is 1. The summed E-state index contributed by atoms with van der Waals surface area (Å²) in [4.78, 5) is 47.9. The van der Waals surface area contributed by atoms with Gasteiger partial charge in [0, 0.05) is 12.8 Å². The van der Waals surface area contributed by atoms with Crippen LogP contribution in [0.2, 0.25) is 0 Å². The lowest BCUT2D eigenvalue weighted by Crippen LogP contribution is -2.37. The van der Waals surface area contributed by atoms with Gasteiger partial charge in [-0.25, -0.2) is 0 Å². The molecule has 0 aliphatic rings. The van der Waals surface area contributed by atoms with Crippen molar-refractivity contribution in [2.75, 3.05) is 47.5 Å². The maximum atomic E-state index is 12.6. The van der Waals surface area contributed by atoms with E-state index in [-0.39, 0.29) is 43.3 Å². The van der Waals surface area contributed by atoms with Gasteiger partial charge in [-0.2, -0.15) is 0 Å². The molecule has 0 bridgehead atoms. The summed E-state index contributed by atoms with van der Waals surface area (Å²) < 4.78 is 33.8. The van der Waals surface area contributed by atoms with E-state index in [4.69, 9.17) is 39.6 Å². The number of unbranched alkanes of at least 4 members (excludes halogenated alkanes) is 23. The Bertz CT molecular complexity index is 1490. The number of nitrogens with two attached hydrogens (primary N) is 1. The quantitative estimate of drug-likeness (QED) is 0.0102. The number of carboxylic acids is 1. The smallest absolute Gasteiger partial charge is 0.323 e. The Morgan fingerprint density at radius 3 is 1.57 bits per heavy atom. The van der Waals surface area contributed by atoms with Crippen molar-refractivity contribution in [1.82, 2.24) is 0 Å². The lowest BCUT2D eigenvalue weighted by Gasteiger charge is -2.28. The number of allylic oxidation sites excluding steroid dienone is 2. The number of carbonyl (C=O) groups excluding carboxylic acids is 2. The average Bonchev–Trinajstić information content (AvgIpc) is 3.27. The summed E-state index contributed by atoms with van der Waals surface area (Å²) in [7, 11) is 1.17. The van der Waals surface area contributed by atoms with E-state index < -0.39 is 50.4 Å². The third-order valence-electron chi connectivity index (χ3n) is 11.3. The Labute approximate surface area is 404 Å². The van der Waals surface area contributed by atoms with Crippen LogP contribution in [0, 0.1) is 0 Å². The molecule has 67 heavy (non-hydrogen) atoms. The van der Waals surface area contributed by atoms with Gasteiger partial charge in [0.2, 0.25) is 0 Å². The summed E-state index contributed by atoms with van der Waals surface area (Å²) >= 11 is 0. The highest BCUT2D eigenvalue weighted by atomic mass is 31.2. The SMILES string of the molecule is CCCCCCCC/C=C\CCCCCCCC(=O)O[C@H](COC(=O)CCCCCCCCCCCCCCC)COP(=O)([O-])OCC[N+](C)(C)C.N[C@H](C(=O)O)[C@H](O)c1ccc(O)c(O)c1. The third-order valence-corrected chi connectivity index (χ3v) is 12.2. The van der Waals surface area contributed by atoms with Gasteiger partial charge in [0.1, 0.15) is 31.9 Å². The van der Waals surface area contributed by atoms with Gasteiger partial charge >= 0.3 is 17.9 Å². The molecule has 4 atom stereocenters. The molecule has 1 rings (SSSR count). The molecular formula is C51H93N2O13P. The second-order valence-electron chi connectivity index (χ2n) is 18.8. The van der Waals surface area contributed by atoms with Crippen molar-refractivity contribution < 1.29 is 67.3 Å². The molecule has 0 fully saturated rings. The molecule has 1 unspecified atom stereocenters. The molecule has 0 amide bonds. The second-order valence-corrected chi connectivity index (χ2v) is 20.2. The molecule has 0 aliphatic heterocycles. The first-order valence-corrected chi connectivity index (χ1v) is 27.0. The molecule has 390 valence electrons. The number of aliphatic hydroxyl groups excluding tert-OH is 1. The van der Waals surface area contributed by atoms with Crippen molar-refractivity contribution in [2.24, 2.45) is 5.73 Å². The fraction of sp³-hybridized carbons (Fsp3) is 0.784. The number of carboxylic acid groups (broad SMARTS) is 1. The van der Waals surface area contributed by atoms with Gasteiger partial charge in [-0.3, -0.25) is 18.9 Å². The van der Waals surface area contributed by atoms with Gasteiger partial charge in [-0.05, 0) is 56.2 Å². The summed E-state index contributed by atoms with van der Waals surface area (Å²) in [6.45, 7) is 4.22. The maximum absolute atomic E-state index is 12.6. The largest absolute Gasteiger partial charge is 0.756 e. The van der Waals surface area contributed by atoms with Gasteiger partial charge in [0.05, 0.1) is 27.7 Å². The van der Waals surface area contributed by atoms with Gasteiger partial charge in [-0.1, -0.05) is 160 Å². The number of rotatable bonds is 42. The number of aliphatic carboxylic acids is 1. The Hall–Kier alpha value is -3.04. The Balaban J connectivity index is 0.00000243. The first-order chi connectivity index (χ1) is 31.9. The summed E-state index contributed by atoms with van der Waals surface area (Å²) in [5.41, 5.74) is 5.31. The average molecular weight is 973 g/mol. The molecule has 15 nitrogen and oxygen atoms in total. The number of benzene rings is 1. The van der Waals surface area contributed by atoms with E-state index in [0.29, 0.717) is 17.4 Å². The standard InChI is InChI=1S/C42H82NO8P.C9H11NO5/c1-6-8-10-12-14-16-18-20-21-23-25-27-29-31-33-35-42(45)51-40(39-50-52(46,47)49-37-36-43(3,4)5)38-48-41(44)34-32-30-28-26-24-22-19-17-15-13-11-9-7-2;10-7(9(14)15)8(13)4-1-2-5(11)6(12)3-4/h20-21,40H,6-19,22-39H2,1-5H3;1-3,7-8,11-13H,10H2,(H,14,15)/b21-20-;/t40-;7-,8+/m10/s1. The van der Waals surface area contributed by atoms with E-state index in [0.717, 1.165) is 63.5 Å². The summed E-state index contributed by atoms with van der Waals surface area (Å²) in [6.07, 6.45) is 33.7. The molecule has 0 aliphatic carbocycles. The van der Waals surface area contributed by atoms with Crippen LogP contribution in [0.15, 0.2) is 30.4 Å². The van der Waals surface area contributed by atoms with E-state index in [2.05, 4.69) is 26.0 Å². The number of phenols is 2. The van der Waals surface area contributed by atoms with Crippen LogP contribution in [-0.4, -0.2) is 102 Å². The first-order valence-electron chi connectivity index (χ1n) is 25.5. The minimum atomic E-state index is -4.62. The lowest BCUT2D eigenvalue weighted by atomic mass is 10.0. The number of esters is 2. The molecule has 6 N–H and O–H groups in total. The highest BCUT2D eigenvalue weighted by molar-refractivity contribution is 7.45. The summed E-state index contributed by atoms with van der Waals surface area (Å²) in [5, 5.41) is 36.1. The van der Waals surface area contributed by atoms with E-state index in [1.54, 1.807) is 0 Å². The summed E-state index contributed by atoms with van der Waals surface area (Å²) in [6, 6.07) is 2.00. The van der Waals surface area contributed by atoms with Crippen LogP contribution >= 0.6 is 7.82 Å². The number of nitrogens with zero attached hydrogens (tertiary/aromatic N) is 1. The lowest BCUT2D eigenvalue weighted by molar-refractivity contribution is -0.870. The van der Waals surface area contributed by atoms with Crippen LogP contribution < -0.4 is 10.6 Å². The van der Waals surface area contributed by atoms with Gasteiger partial charge in [0.15, 0.2) is 17.6 Å². The summed E-state index contributed by atoms with van der Waals surface area (Å²) in [5.74, 6) is -2.98. The monoisotopic (exact) mass is 973 g/mol. The van der Waals surface area contributed by atoms with Crippen molar-refractivity contribution in [3.63, 3.8) is 0 Å². The zero-order valence-corrected chi connectivity index (χ0v) is 43.1. The zero-order chi connectivity index (χ0) is 50.2. The maximum Gasteiger partial charge on any atom is 0.323 e. The molecule has 0 spiro atoms. The van der Waals surface area contributed by atoms with Crippen molar-refractivity contribution in [2.45, 2.75) is 212 Å². The number of likely N-dealkylation sites (N-methyl/N-ethyl adjacent to an activating group) is 1. The number of hydrogen-bond acceptors (Lipinski definition) is 13. The van der Waals surface area contributed by atoms with Crippen LogP contribution in [0.1, 0.15) is 205 Å². The minimum absolute atomic E-state index is 0.0294. The number of phosphoric ester groups is 1. The molecule has 1 aromatic carbocycles. The van der Waals surface area contributed by atoms with E-state index >= 15 is 0 Å². The molecule has 0 radical (unpaired) electrons. The van der Waals surface area contributed by atoms with Crippen molar-refractivity contribution in [3.8, 4) is 11.5 Å². The number of carbonyl (C=O) groups is 3. The van der Waals surface area contributed by atoms with E-state index in [1.807, 2.05) is 21.1 Å². The normalized spacial score (nSPS) is 13.9. The Morgan fingerprint density at radius 2 is 1.12 bits per heavy atom. The Kier molecular flexibility index (Phi) is 39.0. The van der Waals surface area contributed by atoms with E-state index in [1.165, 1.54) is 115 Å². The van der Waals surface area contributed by atoms with E-state index in [9.17, 15) is 28.9 Å². The van der Waals surface area contributed by atoms with Crippen LogP contribution in [0.5, 0.6) is 11.5 Å². The van der Waals surface area contributed by atoms with Gasteiger partial charge in [-0.15, -0.1) is 0 Å². The zero-order valence-electron chi connectivity index (χ0n) is 42.2. The van der Waals surface area contributed by atoms with Crippen molar-refractivity contribution >= 4 is 25.7 Å². The molecule has 1 aromatic rings. The van der Waals surface area contributed by atoms with Crippen LogP contribution in [0.4, 0.5) is 0 Å². The predicted molar refractivity (Wildman–Crippen MR) is 263 cm³/mol. The van der Waals surface area contributed by atoms with Gasteiger partial charge in [0.25, 0.3) is 7.82 Å². The Morgan fingerprint density at radius 1 is 0.672 bits per heavy atom. The highest BCUT2D eigenvalue weighted by Gasteiger charge is 2.24. The van der Waals surface area contributed by atoms with Crippen molar-refractivity contribution in [1.29, 1.82) is 0 Å². The molecule has 0 saturated carbocycles. The number of ether oxygens (including phenoxy) is 2. The molecule has 16 heteroatoms. The second kappa shape index (κ2) is 40.8. The highest BCUT2D eigenvalue weighted by Crippen LogP contribution is 2.38. The number of quaternary nitrogens is 1. The number of phosphoric acid groups is 1. The van der Waals surface area contributed by atoms with Gasteiger partial charge < -0.3 is 54.1 Å². The number of aromatic hydroxyl groups is 2. The first kappa shape index (κ1) is 64.0. The fourth-order valence-electron chi connectivity index (χ4n) is 6.95. The molecule has 0 heterocycles. The third kappa shape index (κ3) is 39.5. The van der Waals surface area contributed by atoms with Crippen LogP contribution in [0.25, 0.3) is 0 Å². The fourth-order valence-corrected chi connectivity index (χ4v) is 7.68. The molecule has 0 saturated heterocycles. The topological polar surface area (TPSA) is 235 Å². The van der Waals surface area contributed by atoms with Crippen LogP contribution in [-0.2, 0) is 37.5 Å².